The summed E-state index contributed by atoms with van der Waals surface area (Å²) in [6, 6.07) is 1.82. The summed E-state index contributed by atoms with van der Waals surface area (Å²) in [6.45, 7) is 0.543. The van der Waals surface area contributed by atoms with Gasteiger partial charge in [0.2, 0.25) is 10.0 Å². The summed E-state index contributed by atoms with van der Waals surface area (Å²) < 4.78 is 67.8. The first-order chi connectivity index (χ1) is 10.6. The second-order valence-electron chi connectivity index (χ2n) is 5.54. The Morgan fingerprint density at radius 1 is 1.35 bits per heavy atom. The molecule has 1 N–H and O–H groups in total. The van der Waals surface area contributed by atoms with Crippen LogP contribution in [0.3, 0.4) is 0 Å². The maximum atomic E-state index is 12.5. The van der Waals surface area contributed by atoms with Crippen molar-refractivity contribution in [3.05, 3.63) is 23.9 Å². The molecule has 0 unspecified atom stereocenters. The van der Waals surface area contributed by atoms with Gasteiger partial charge < -0.3 is 10.1 Å². The maximum Gasteiger partial charge on any atom is 0.417 e. The first-order valence-electron chi connectivity index (χ1n) is 6.87. The largest absolute Gasteiger partial charge is 0.417 e. The number of rotatable bonds is 5. The number of hydrogen-bond donors (Lipinski definition) is 1. The molecule has 0 aliphatic carbocycles. The second kappa shape index (κ2) is 6.62. The maximum absolute atomic E-state index is 12.5. The fourth-order valence-corrected chi connectivity index (χ4v) is 3.35. The molecule has 2 heterocycles. The smallest absolute Gasteiger partial charge is 0.379 e. The number of ether oxygens (including phenoxy) is 1. The van der Waals surface area contributed by atoms with Gasteiger partial charge in [-0.1, -0.05) is 0 Å². The highest BCUT2D eigenvalue weighted by molar-refractivity contribution is 7.89. The number of anilines is 1. The Bertz CT molecular complexity index is 632. The lowest BCUT2D eigenvalue weighted by Crippen LogP contribution is -2.37. The number of pyridine rings is 1. The van der Waals surface area contributed by atoms with E-state index in [0.717, 1.165) is 16.6 Å². The highest BCUT2D eigenvalue weighted by Gasteiger charge is 2.34. The van der Waals surface area contributed by atoms with Gasteiger partial charge in [-0.2, -0.15) is 13.2 Å². The molecular weight excluding hydrogens is 335 g/mol. The monoisotopic (exact) mass is 353 g/mol. The number of sulfonamides is 1. The molecule has 1 fully saturated rings. The fourth-order valence-electron chi connectivity index (χ4n) is 2.18. The molecule has 1 aliphatic heterocycles. The van der Waals surface area contributed by atoms with Crippen molar-refractivity contribution in [2.45, 2.75) is 12.2 Å². The van der Waals surface area contributed by atoms with E-state index in [4.69, 9.17) is 4.74 Å². The number of aromatic nitrogens is 1. The molecule has 1 saturated heterocycles. The molecule has 130 valence electrons. The van der Waals surface area contributed by atoms with E-state index in [0.29, 0.717) is 0 Å². The third kappa shape index (κ3) is 4.55. The molecule has 0 aromatic carbocycles. The molecule has 6 nitrogen and oxygen atoms in total. The minimum atomic E-state index is -4.44. The van der Waals surface area contributed by atoms with Crippen molar-refractivity contribution in [1.29, 1.82) is 0 Å². The molecule has 0 saturated carbocycles. The molecule has 2 rings (SSSR count). The minimum absolute atomic E-state index is 0.0989. The highest BCUT2D eigenvalue weighted by atomic mass is 32.2. The van der Waals surface area contributed by atoms with Crippen LogP contribution < -0.4 is 5.32 Å². The number of nitrogens with zero attached hydrogens (tertiary/aromatic N) is 2. The van der Waals surface area contributed by atoms with E-state index in [1.165, 1.54) is 20.2 Å². The molecule has 1 aliphatic rings. The lowest BCUT2D eigenvalue weighted by atomic mass is 10.1. The lowest BCUT2D eigenvalue weighted by Gasteiger charge is -2.21. The van der Waals surface area contributed by atoms with E-state index < -0.39 is 21.8 Å². The third-order valence-electron chi connectivity index (χ3n) is 3.60. The first-order valence-corrected chi connectivity index (χ1v) is 8.48. The van der Waals surface area contributed by atoms with Crippen LogP contribution in [0.2, 0.25) is 0 Å². The van der Waals surface area contributed by atoms with E-state index >= 15 is 0 Å². The summed E-state index contributed by atoms with van der Waals surface area (Å²) in [5, 5.41) is 2.94. The van der Waals surface area contributed by atoms with Crippen molar-refractivity contribution in [3.8, 4) is 0 Å². The fraction of sp³-hybridized carbons (Fsp3) is 0.615. The van der Waals surface area contributed by atoms with Crippen LogP contribution in [0, 0.1) is 5.92 Å². The lowest BCUT2D eigenvalue weighted by molar-refractivity contribution is -0.137. The van der Waals surface area contributed by atoms with E-state index in [2.05, 4.69) is 10.3 Å². The Balaban J connectivity index is 2.04. The van der Waals surface area contributed by atoms with Crippen LogP contribution >= 0.6 is 0 Å². The summed E-state index contributed by atoms with van der Waals surface area (Å²) in [6.07, 6.45) is -3.70. The Morgan fingerprint density at radius 3 is 2.57 bits per heavy atom. The van der Waals surface area contributed by atoms with E-state index in [9.17, 15) is 21.6 Å². The average Bonchev–Trinajstić information content (AvgIpc) is 2.84. The summed E-state index contributed by atoms with van der Waals surface area (Å²) in [4.78, 5) is 3.73. The van der Waals surface area contributed by atoms with E-state index in [-0.39, 0.29) is 36.7 Å². The SMILES string of the molecule is CN(C)S(=O)(=O)C[C@@H]1COC[C@H]1Nc1ccc(C(F)(F)F)cn1. The number of hydrogen-bond acceptors (Lipinski definition) is 5. The average molecular weight is 353 g/mol. The van der Waals surface area contributed by atoms with Gasteiger partial charge in [-0.3, -0.25) is 0 Å². The molecule has 0 radical (unpaired) electrons. The summed E-state index contributed by atoms with van der Waals surface area (Å²) in [5.41, 5.74) is -0.836. The van der Waals surface area contributed by atoms with Crippen LogP contribution in [0.25, 0.3) is 0 Å². The van der Waals surface area contributed by atoms with Crippen molar-refractivity contribution >= 4 is 15.8 Å². The zero-order chi connectivity index (χ0) is 17.3. The van der Waals surface area contributed by atoms with Gasteiger partial charge in [0.25, 0.3) is 0 Å². The van der Waals surface area contributed by atoms with Gasteiger partial charge >= 0.3 is 6.18 Å². The van der Waals surface area contributed by atoms with Gasteiger partial charge in [0.15, 0.2) is 0 Å². The van der Waals surface area contributed by atoms with Gasteiger partial charge in [-0.05, 0) is 12.1 Å². The Hall–Kier alpha value is -1.39. The van der Waals surface area contributed by atoms with E-state index in [1.54, 1.807) is 0 Å². The molecular formula is C13H18F3N3O3S. The van der Waals surface area contributed by atoms with Crippen molar-refractivity contribution in [1.82, 2.24) is 9.29 Å². The number of alkyl halides is 3. The van der Waals surface area contributed by atoms with Crippen LogP contribution in [0.15, 0.2) is 18.3 Å². The summed E-state index contributed by atoms with van der Waals surface area (Å²) in [5.74, 6) is -0.148. The molecule has 10 heteroatoms. The molecule has 1 aromatic rings. The molecule has 2 atom stereocenters. The zero-order valence-corrected chi connectivity index (χ0v) is 13.5. The first kappa shape index (κ1) is 18.0. The number of halogens is 3. The van der Waals surface area contributed by atoms with Crippen LogP contribution in [-0.4, -0.2) is 56.8 Å². The normalized spacial score (nSPS) is 22.5. The van der Waals surface area contributed by atoms with Crippen molar-refractivity contribution in [3.63, 3.8) is 0 Å². The molecule has 23 heavy (non-hydrogen) atoms. The molecule has 1 aromatic heterocycles. The van der Waals surface area contributed by atoms with Crippen molar-refractivity contribution < 1.29 is 26.3 Å². The van der Waals surface area contributed by atoms with Crippen LogP contribution in [0.1, 0.15) is 5.56 Å². The van der Waals surface area contributed by atoms with Crippen LogP contribution in [0.4, 0.5) is 19.0 Å². The van der Waals surface area contributed by atoms with Crippen LogP contribution in [-0.2, 0) is 20.9 Å². The van der Waals surface area contributed by atoms with Crippen molar-refractivity contribution in [2.24, 2.45) is 5.92 Å². The van der Waals surface area contributed by atoms with Gasteiger partial charge in [0, 0.05) is 26.2 Å². The van der Waals surface area contributed by atoms with Gasteiger partial charge in [-0.25, -0.2) is 17.7 Å². The number of nitrogens with one attached hydrogen (secondary N) is 1. The van der Waals surface area contributed by atoms with E-state index in [1.807, 2.05) is 0 Å². The van der Waals surface area contributed by atoms with Gasteiger partial charge in [0.05, 0.1) is 30.6 Å². The Morgan fingerprint density at radius 2 is 2.04 bits per heavy atom. The predicted octanol–water partition coefficient (Wildman–Crippen LogP) is 1.42. The zero-order valence-electron chi connectivity index (χ0n) is 12.7. The molecule has 0 bridgehead atoms. The summed E-state index contributed by atoms with van der Waals surface area (Å²) >= 11 is 0. The molecule has 0 amide bonds. The van der Waals surface area contributed by atoms with Gasteiger partial charge in [-0.15, -0.1) is 0 Å². The Labute approximate surface area is 132 Å². The quantitative estimate of drug-likeness (QED) is 0.867. The second-order valence-corrected chi connectivity index (χ2v) is 7.77. The third-order valence-corrected chi connectivity index (χ3v) is 5.57. The van der Waals surface area contributed by atoms with Crippen molar-refractivity contribution in [2.75, 3.05) is 38.4 Å². The van der Waals surface area contributed by atoms with Crippen LogP contribution in [0.5, 0.6) is 0 Å². The highest BCUT2D eigenvalue weighted by Crippen LogP contribution is 2.29. The summed E-state index contributed by atoms with van der Waals surface area (Å²) in [7, 11) is -0.490. The standard InChI is InChI=1S/C13H18F3N3O3S/c1-19(2)23(20,21)8-9-6-22-7-11(9)18-12-4-3-10(5-17-12)13(14,15)16/h3-5,9,11H,6-8H2,1-2H3,(H,17,18)/t9-,11+/m0/s1. The predicted molar refractivity (Wildman–Crippen MR) is 78.4 cm³/mol. The minimum Gasteiger partial charge on any atom is -0.379 e. The topological polar surface area (TPSA) is 71.5 Å². The van der Waals surface area contributed by atoms with Gasteiger partial charge in [0.1, 0.15) is 5.82 Å². The Kier molecular flexibility index (Phi) is 5.17. The molecule has 0 spiro atoms.